The average Bonchev–Trinajstić information content (AvgIpc) is 2.72. The number of carbonyl (C=O) groups is 2. The summed E-state index contributed by atoms with van der Waals surface area (Å²) < 4.78 is 30.7. The first-order valence-electron chi connectivity index (χ1n) is 9.61. The molecule has 10 heteroatoms. The molecule has 0 heterocycles. The van der Waals surface area contributed by atoms with Crippen LogP contribution in [0.2, 0.25) is 5.02 Å². The second-order valence-corrected chi connectivity index (χ2v) is 8.97. The van der Waals surface area contributed by atoms with Gasteiger partial charge in [0.2, 0.25) is 15.9 Å². The van der Waals surface area contributed by atoms with Crippen LogP contribution in [0.25, 0.3) is 0 Å². The molecule has 0 aliphatic heterocycles. The molecule has 2 aromatic carbocycles. The SMILES string of the molecule is CCN(CC)C(=O)c1ccccc1NC(=O)CN(c1ccc(OC)c(Cl)c1)S(C)(=O)=O. The van der Waals surface area contributed by atoms with Gasteiger partial charge in [0.25, 0.3) is 5.91 Å². The lowest BCUT2D eigenvalue weighted by Gasteiger charge is -2.23. The van der Waals surface area contributed by atoms with E-state index in [4.69, 9.17) is 16.3 Å². The number of amides is 2. The molecule has 0 atom stereocenters. The maximum atomic E-state index is 12.8. The van der Waals surface area contributed by atoms with Crippen molar-refractivity contribution >= 4 is 44.8 Å². The van der Waals surface area contributed by atoms with E-state index in [1.807, 2.05) is 13.8 Å². The number of benzene rings is 2. The Morgan fingerprint density at radius 3 is 2.29 bits per heavy atom. The molecule has 2 amide bonds. The van der Waals surface area contributed by atoms with Crippen LogP contribution in [-0.2, 0) is 14.8 Å². The topological polar surface area (TPSA) is 96.0 Å². The van der Waals surface area contributed by atoms with Gasteiger partial charge in [-0.15, -0.1) is 0 Å². The third-order valence-electron chi connectivity index (χ3n) is 4.59. The molecule has 31 heavy (non-hydrogen) atoms. The summed E-state index contributed by atoms with van der Waals surface area (Å²) in [5, 5.41) is 2.87. The van der Waals surface area contributed by atoms with E-state index in [-0.39, 0.29) is 16.6 Å². The Balaban J connectivity index is 2.29. The zero-order valence-electron chi connectivity index (χ0n) is 17.9. The van der Waals surface area contributed by atoms with Gasteiger partial charge in [0, 0.05) is 13.1 Å². The van der Waals surface area contributed by atoms with Crippen molar-refractivity contribution in [2.75, 3.05) is 42.6 Å². The normalized spacial score (nSPS) is 11.0. The van der Waals surface area contributed by atoms with E-state index in [0.717, 1.165) is 10.6 Å². The largest absolute Gasteiger partial charge is 0.495 e. The molecule has 0 radical (unpaired) electrons. The van der Waals surface area contributed by atoms with Crippen LogP contribution >= 0.6 is 11.6 Å². The van der Waals surface area contributed by atoms with Crippen molar-refractivity contribution in [2.45, 2.75) is 13.8 Å². The first kappa shape index (κ1) is 24.5. The number of hydrogen-bond donors (Lipinski definition) is 1. The van der Waals surface area contributed by atoms with Crippen molar-refractivity contribution in [3.8, 4) is 5.75 Å². The highest BCUT2D eigenvalue weighted by Crippen LogP contribution is 2.30. The van der Waals surface area contributed by atoms with E-state index >= 15 is 0 Å². The predicted molar refractivity (Wildman–Crippen MR) is 123 cm³/mol. The monoisotopic (exact) mass is 467 g/mol. The summed E-state index contributed by atoms with van der Waals surface area (Å²) in [6.07, 6.45) is 0.996. The Labute approximate surface area is 187 Å². The first-order valence-corrected chi connectivity index (χ1v) is 11.8. The predicted octanol–water partition coefficient (Wildman–Crippen LogP) is 3.24. The molecule has 168 valence electrons. The van der Waals surface area contributed by atoms with E-state index in [1.165, 1.54) is 25.3 Å². The second-order valence-electron chi connectivity index (χ2n) is 6.66. The summed E-state index contributed by atoms with van der Waals surface area (Å²) in [5.74, 6) is -0.438. The molecule has 0 unspecified atom stereocenters. The Morgan fingerprint density at radius 1 is 1.10 bits per heavy atom. The van der Waals surface area contributed by atoms with Crippen molar-refractivity contribution in [3.63, 3.8) is 0 Å². The molecule has 0 saturated heterocycles. The highest BCUT2D eigenvalue weighted by atomic mass is 35.5. The van der Waals surface area contributed by atoms with Gasteiger partial charge >= 0.3 is 0 Å². The van der Waals surface area contributed by atoms with Gasteiger partial charge in [-0.25, -0.2) is 8.42 Å². The number of methoxy groups -OCH3 is 1. The minimum atomic E-state index is -3.79. The van der Waals surface area contributed by atoms with Gasteiger partial charge in [-0.1, -0.05) is 23.7 Å². The van der Waals surface area contributed by atoms with Crippen molar-refractivity contribution < 1.29 is 22.7 Å². The Hall–Kier alpha value is -2.78. The van der Waals surface area contributed by atoms with E-state index in [0.29, 0.717) is 30.1 Å². The van der Waals surface area contributed by atoms with E-state index < -0.39 is 22.5 Å². The van der Waals surface area contributed by atoms with Crippen LogP contribution in [0.15, 0.2) is 42.5 Å². The van der Waals surface area contributed by atoms with Gasteiger partial charge in [-0.2, -0.15) is 0 Å². The molecule has 1 N–H and O–H groups in total. The minimum absolute atomic E-state index is 0.212. The van der Waals surface area contributed by atoms with Gasteiger partial charge in [0.05, 0.1) is 35.3 Å². The molecule has 2 aromatic rings. The number of para-hydroxylation sites is 1. The molecule has 0 aliphatic carbocycles. The first-order chi connectivity index (χ1) is 14.6. The Morgan fingerprint density at radius 2 is 1.74 bits per heavy atom. The van der Waals surface area contributed by atoms with E-state index in [2.05, 4.69) is 5.32 Å². The molecule has 0 saturated carbocycles. The van der Waals surface area contributed by atoms with Crippen molar-refractivity contribution in [2.24, 2.45) is 0 Å². The minimum Gasteiger partial charge on any atom is -0.495 e. The third-order valence-corrected chi connectivity index (χ3v) is 6.03. The van der Waals surface area contributed by atoms with Crippen LogP contribution in [-0.4, -0.2) is 58.1 Å². The number of anilines is 2. The van der Waals surface area contributed by atoms with Gasteiger partial charge in [-0.05, 0) is 44.2 Å². The smallest absolute Gasteiger partial charge is 0.255 e. The van der Waals surface area contributed by atoms with Crippen LogP contribution in [0.4, 0.5) is 11.4 Å². The fourth-order valence-electron chi connectivity index (χ4n) is 2.99. The fraction of sp³-hybridized carbons (Fsp3) is 0.333. The number of carbonyl (C=O) groups excluding carboxylic acids is 2. The van der Waals surface area contributed by atoms with Crippen LogP contribution in [0.3, 0.4) is 0 Å². The summed E-state index contributed by atoms with van der Waals surface area (Å²) >= 11 is 6.11. The number of halogens is 1. The molecular formula is C21H26ClN3O5S. The Bertz CT molecular complexity index is 1050. The van der Waals surface area contributed by atoms with Gasteiger partial charge in [0.15, 0.2) is 0 Å². The number of sulfonamides is 1. The molecule has 0 bridgehead atoms. The van der Waals surface area contributed by atoms with Gasteiger partial charge in [0.1, 0.15) is 12.3 Å². The molecular weight excluding hydrogens is 442 g/mol. The van der Waals surface area contributed by atoms with Crippen LogP contribution in [0.5, 0.6) is 5.75 Å². The molecule has 0 aromatic heterocycles. The Kier molecular flexibility index (Phi) is 8.29. The lowest BCUT2D eigenvalue weighted by molar-refractivity contribution is -0.114. The number of rotatable bonds is 9. The highest BCUT2D eigenvalue weighted by Gasteiger charge is 2.23. The summed E-state index contributed by atoms with van der Waals surface area (Å²) in [4.78, 5) is 27.1. The summed E-state index contributed by atoms with van der Waals surface area (Å²) in [6.45, 7) is 4.30. The van der Waals surface area contributed by atoms with Crippen LogP contribution < -0.4 is 14.4 Å². The van der Waals surface area contributed by atoms with Crippen molar-refractivity contribution in [1.29, 1.82) is 0 Å². The van der Waals surface area contributed by atoms with Crippen molar-refractivity contribution in [3.05, 3.63) is 53.1 Å². The summed E-state index contributed by atoms with van der Waals surface area (Å²) in [6, 6.07) is 11.0. The van der Waals surface area contributed by atoms with Crippen molar-refractivity contribution in [1.82, 2.24) is 4.90 Å². The second kappa shape index (κ2) is 10.5. The van der Waals surface area contributed by atoms with Crippen LogP contribution in [0.1, 0.15) is 24.2 Å². The fourth-order valence-corrected chi connectivity index (χ4v) is 4.09. The number of nitrogens with one attached hydrogen (secondary N) is 1. The quantitative estimate of drug-likeness (QED) is 0.610. The molecule has 0 fully saturated rings. The standard InChI is InChI=1S/C21H26ClN3O5S/c1-5-24(6-2)21(27)16-9-7-8-10-18(16)23-20(26)14-25(31(4,28)29)15-11-12-19(30-3)17(22)13-15/h7-13H,5-6,14H2,1-4H3,(H,23,26). The highest BCUT2D eigenvalue weighted by molar-refractivity contribution is 7.92. The maximum absolute atomic E-state index is 12.8. The molecule has 2 rings (SSSR count). The van der Waals surface area contributed by atoms with Gasteiger partial charge < -0.3 is 15.0 Å². The molecule has 8 nitrogen and oxygen atoms in total. The lowest BCUT2D eigenvalue weighted by atomic mass is 10.1. The number of nitrogens with zero attached hydrogens (tertiary/aromatic N) is 2. The summed E-state index contributed by atoms with van der Waals surface area (Å²) in [7, 11) is -2.35. The number of ether oxygens (including phenoxy) is 1. The third kappa shape index (κ3) is 6.11. The van der Waals surface area contributed by atoms with E-state index in [9.17, 15) is 18.0 Å². The zero-order chi connectivity index (χ0) is 23.2. The maximum Gasteiger partial charge on any atom is 0.255 e. The number of hydrogen-bond acceptors (Lipinski definition) is 5. The zero-order valence-corrected chi connectivity index (χ0v) is 19.5. The average molecular weight is 468 g/mol. The lowest BCUT2D eigenvalue weighted by Crippen LogP contribution is -2.38. The molecule has 0 aliphatic rings. The molecule has 0 spiro atoms. The van der Waals surface area contributed by atoms with Crippen LogP contribution in [0, 0.1) is 0 Å². The summed E-state index contributed by atoms with van der Waals surface area (Å²) in [5.41, 5.74) is 0.861. The van der Waals surface area contributed by atoms with E-state index in [1.54, 1.807) is 29.2 Å². The van der Waals surface area contributed by atoms with Gasteiger partial charge in [-0.3, -0.25) is 13.9 Å².